The van der Waals surface area contributed by atoms with E-state index in [1.807, 2.05) is 12.2 Å². The second-order valence-corrected chi connectivity index (χ2v) is 21.1. The maximum atomic E-state index is 12.9. The fourth-order valence-corrected chi connectivity index (χ4v) is 9.64. The lowest BCUT2D eigenvalue weighted by Crippen LogP contribution is -2.36. The van der Waals surface area contributed by atoms with Crippen molar-refractivity contribution < 1.29 is 71.0 Å². The van der Waals surface area contributed by atoms with Crippen LogP contribution in [0.15, 0.2) is 90.0 Å². The van der Waals surface area contributed by atoms with Gasteiger partial charge in [-0.1, -0.05) is 132 Å². The molecule has 0 aromatic carbocycles. The molecule has 0 amide bonds. The number of hydrogen-bond acceptors (Lipinski definition) is 16. The first-order chi connectivity index (χ1) is 35.1. The van der Waals surface area contributed by atoms with E-state index < -0.39 is 83.7 Å². The van der Waals surface area contributed by atoms with E-state index in [4.69, 9.17) is 33.7 Å². The average Bonchev–Trinajstić information content (AvgIpc) is 4.04. The third kappa shape index (κ3) is 29.2. The summed E-state index contributed by atoms with van der Waals surface area (Å²) in [4.78, 5) is 62.1. The van der Waals surface area contributed by atoms with Gasteiger partial charge in [-0.3, -0.25) is 23.2 Å². The summed E-state index contributed by atoms with van der Waals surface area (Å²) >= 11 is 0. The smallest absolute Gasteiger partial charge is 0.462 e. The number of aliphatic hydroxyl groups is 2. The summed E-state index contributed by atoms with van der Waals surface area (Å²) < 4.78 is 62.5. The normalized spacial score (nSPS) is 22.3. The van der Waals surface area contributed by atoms with Gasteiger partial charge in [-0.15, -0.1) is 0 Å². The van der Waals surface area contributed by atoms with E-state index in [9.17, 15) is 43.5 Å². The predicted octanol–water partition coefficient (Wildman–Crippen LogP) is 9.88. The van der Waals surface area contributed by atoms with Crippen LogP contribution in [-0.4, -0.2) is 97.9 Å². The zero-order valence-corrected chi connectivity index (χ0v) is 44.6. The molecule has 0 saturated carbocycles. The topological polar surface area (TPSA) is 278 Å². The minimum Gasteiger partial charge on any atom is -0.462 e. The summed E-state index contributed by atoms with van der Waals surface area (Å²) in [6, 6.07) is 1.24. The van der Waals surface area contributed by atoms with Crippen molar-refractivity contribution in [3.05, 3.63) is 95.7 Å². The molecule has 2 fully saturated rings. The van der Waals surface area contributed by atoms with Crippen LogP contribution < -0.4 is 11.4 Å². The monoisotopic (exact) mass is 1070 g/mol. The fraction of sp³-hybridized carbons (Fsp3) is 0.654. The number of nitrogens with zero attached hydrogens (tertiary/aromatic N) is 2. The maximum absolute atomic E-state index is 12.9. The first kappa shape index (κ1) is 63.5. The summed E-state index contributed by atoms with van der Waals surface area (Å²) in [6.07, 6.45) is 38.6. The van der Waals surface area contributed by atoms with Crippen molar-refractivity contribution in [2.24, 2.45) is 0 Å². The molecule has 0 radical (unpaired) electrons. The van der Waals surface area contributed by atoms with Gasteiger partial charge < -0.3 is 44.7 Å². The van der Waals surface area contributed by atoms with Crippen molar-refractivity contribution in [3.8, 4) is 0 Å². The minimum atomic E-state index is -5.46. The highest BCUT2D eigenvalue weighted by molar-refractivity contribution is 7.61. The van der Waals surface area contributed by atoms with Crippen molar-refractivity contribution in [2.45, 2.75) is 198 Å². The van der Waals surface area contributed by atoms with Crippen LogP contribution in [0.2, 0.25) is 0 Å². The van der Waals surface area contributed by atoms with E-state index in [2.05, 4.69) is 83.9 Å². The van der Waals surface area contributed by atoms with E-state index in [0.29, 0.717) is 25.7 Å². The van der Waals surface area contributed by atoms with Gasteiger partial charge in [0, 0.05) is 19.0 Å². The first-order valence-corrected chi connectivity index (χ1v) is 29.1. The number of rotatable bonds is 41. The average molecular weight is 1070 g/mol. The van der Waals surface area contributed by atoms with Crippen LogP contribution in [0.4, 0.5) is 5.82 Å². The number of carbonyl (C=O) groups excluding carboxylic acids is 2. The van der Waals surface area contributed by atoms with E-state index in [1.54, 1.807) is 0 Å². The number of phosphoric ester groups is 2. The highest BCUT2D eigenvalue weighted by Crippen LogP contribution is 2.60. The molecular formula is C52H83N3O16P2. The van der Waals surface area contributed by atoms with Crippen LogP contribution in [0, 0.1) is 0 Å². The number of aliphatic hydroxyl groups excluding tert-OH is 2. The summed E-state index contributed by atoms with van der Waals surface area (Å²) in [5, 5.41) is 20.9. The number of ether oxygens (including phenoxy) is 4. The maximum Gasteiger partial charge on any atom is 0.481 e. The van der Waals surface area contributed by atoms with Crippen LogP contribution in [0.5, 0.6) is 0 Å². The number of unbranched alkanes of at least 4 members (excludes halogenated alkanes) is 10. The number of allylic oxidation sites excluding steroid dienone is 11. The Labute approximate surface area is 431 Å². The fourth-order valence-electron chi connectivity index (χ4n) is 7.53. The van der Waals surface area contributed by atoms with Crippen molar-refractivity contribution in [1.29, 1.82) is 0 Å². The van der Waals surface area contributed by atoms with Crippen LogP contribution in [0.1, 0.15) is 161 Å². The van der Waals surface area contributed by atoms with Crippen LogP contribution >= 0.6 is 15.6 Å². The van der Waals surface area contributed by atoms with Gasteiger partial charge in [-0.05, 0) is 89.5 Å². The first-order valence-electron chi connectivity index (χ1n) is 26.1. The van der Waals surface area contributed by atoms with Gasteiger partial charge >= 0.3 is 33.3 Å². The molecule has 2 aliphatic rings. The van der Waals surface area contributed by atoms with E-state index in [0.717, 1.165) is 55.7 Å². The Morgan fingerprint density at radius 1 is 0.685 bits per heavy atom. The number of anilines is 1. The number of carbonyl (C=O) groups is 2. The molecule has 412 valence electrons. The van der Waals surface area contributed by atoms with Crippen LogP contribution in [0.25, 0.3) is 0 Å². The molecule has 1 aromatic rings. The van der Waals surface area contributed by atoms with Crippen LogP contribution in [-0.2, 0) is 51.0 Å². The number of nitrogens with two attached hydrogens (primary N) is 1. The molecular weight excluding hydrogens is 985 g/mol. The van der Waals surface area contributed by atoms with E-state index in [1.165, 1.54) is 63.9 Å². The van der Waals surface area contributed by atoms with Crippen molar-refractivity contribution in [3.63, 3.8) is 0 Å². The van der Waals surface area contributed by atoms with Crippen molar-refractivity contribution in [2.75, 3.05) is 25.6 Å². The lowest BCUT2D eigenvalue weighted by molar-refractivity contribution is -0.161. The number of esters is 2. The standard InChI is InChI=1S/C52H83N3O16P2/c1-3-5-7-9-11-13-15-17-18-19-20-21-23-25-27-29-31-35-48(57)68-42(39-65-47(56)36-32-34-44-43(69-44)33-30-28-26-24-22-16-14-12-10-8-6-4-2)40-66-72(61,62)71-73(63,64)67-41-45-49(58)50(59)51(70-45)55-38-37-46(53)54-52(55)60/h12,14,17-18,20-22,24-25,27-28,30,37-38,42-45,49-51,58-59H,3-11,13,15-16,19,23,26,29,31-36,39-41H2,1-2H3,(H,61,62)(H,63,64)(H2,53,54,60)/b14-12-,18-17-,21-20-,24-22-,27-25-,30-28-/t42-,43?,44?,45-,49-,50-,51-/m1/s1. The summed E-state index contributed by atoms with van der Waals surface area (Å²) in [6.45, 7) is 2.00. The Balaban J connectivity index is 1.43. The summed E-state index contributed by atoms with van der Waals surface area (Å²) in [7, 11) is -10.9. The van der Waals surface area contributed by atoms with Gasteiger partial charge in [0.25, 0.3) is 0 Å². The van der Waals surface area contributed by atoms with Crippen LogP contribution in [0.3, 0.4) is 0 Å². The molecule has 21 heteroatoms. The molecule has 1 aromatic heterocycles. The second kappa shape index (κ2) is 37.0. The number of nitrogen functional groups attached to an aromatic ring is 1. The Hall–Kier alpha value is -3.84. The van der Waals surface area contributed by atoms with E-state index >= 15 is 0 Å². The minimum absolute atomic E-state index is 0.0219. The Morgan fingerprint density at radius 3 is 1.88 bits per heavy atom. The van der Waals surface area contributed by atoms with Gasteiger partial charge in [-0.2, -0.15) is 9.29 Å². The number of hydrogen-bond donors (Lipinski definition) is 5. The molecule has 3 heterocycles. The SMILES string of the molecule is CCCCC/C=C\C/C=C\C/C=C\CC1OC1CCCC(=O)OC[C@H](COP(=O)(O)OP(=O)(O)OC[C@H]1O[C@@H](n2ccc(N)nc2=O)[C@H](O)[C@@H]1O)OC(=O)CCC/C=C\C/C=C\C/C=C\CCCCCCCC. The highest BCUT2D eigenvalue weighted by Gasteiger charge is 2.46. The molecule has 3 rings (SSSR count). The van der Waals surface area contributed by atoms with Gasteiger partial charge in [0.15, 0.2) is 12.3 Å². The van der Waals surface area contributed by atoms with Gasteiger partial charge in [-0.25, -0.2) is 13.9 Å². The molecule has 0 bridgehead atoms. The summed E-state index contributed by atoms with van der Waals surface area (Å²) in [5.41, 5.74) is 4.58. The van der Waals surface area contributed by atoms with Crippen molar-refractivity contribution in [1.82, 2.24) is 9.55 Å². The molecule has 2 saturated heterocycles. The quantitative estimate of drug-likeness (QED) is 0.0134. The van der Waals surface area contributed by atoms with Gasteiger partial charge in [0.05, 0.1) is 25.4 Å². The van der Waals surface area contributed by atoms with Crippen molar-refractivity contribution >= 4 is 33.4 Å². The Kier molecular flexibility index (Phi) is 32.2. The lowest BCUT2D eigenvalue weighted by Gasteiger charge is -2.21. The van der Waals surface area contributed by atoms with Gasteiger partial charge in [0.1, 0.15) is 30.7 Å². The Morgan fingerprint density at radius 2 is 1.23 bits per heavy atom. The number of aromatic nitrogens is 2. The molecule has 4 unspecified atom stereocenters. The molecule has 19 nitrogen and oxygen atoms in total. The second-order valence-electron chi connectivity index (χ2n) is 18.1. The molecule has 9 atom stereocenters. The highest BCUT2D eigenvalue weighted by atomic mass is 31.3. The third-order valence-corrected chi connectivity index (χ3v) is 14.3. The van der Waals surface area contributed by atoms with Gasteiger partial charge in [0.2, 0.25) is 0 Å². The number of phosphoric acid groups is 2. The molecule has 73 heavy (non-hydrogen) atoms. The lowest BCUT2D eigenvalue weighted by atomic mass is 10.1. The number of epoxide rings is 1. The largest absolute Gasteiger partial charge is 0.481 e. The van der Waals surface area contributed by atoms with E-state index in [-0.39, 0.29) is 30.9 Å². The molecule has 0 spiro atoms. The third-order valence-electron chi connectivity index (χ3n) is 11.7. The zero-order valence-electron chi connectivity index (χ0n) is 42.9. The zero-order chi connectivity index (χ0) is 53.2. The molecule has 0 aliphatic carbocycles. The summed E-state index contributed by atoms with van der Waals surface area (Å²) in [5.74, 6) is -1.44. The molecule has 2 aliphatic heterocycles. The molecule has 6 N–H and O–H groups in total. The Bertz CT molecular complexity index is 2080. The predicted molar refractivity (Wildman–Crippen MR) is 279 cm³/mol.